The summed E-state index contributed by atoms with van der Waals surface area (Å²) < 4.78 is 36.7. The third-order valence-electron chi connectivity index (χ3n) is 4.52. The molecule has 0 bridgehead atoms. The Labute approximate surface area is 152 Å². The summed E-state index contributed by atoms with van der Waals surface area (Å²) in [4.78, 5) is 36.7. The summed E-state index contributed by atoms with van der Waals surface area (Å²) in [5, 5.41) is 9.55. The Morgan fingerprint density at radius 3 is 2.78 bits per heavy atom. The Kier molecular flexibility index (Phi) is 5.47. The number of hydrogen-bond acceptors (Lipinski definition) is 8. The molecule has 10 nitrogen and oxygen atoms in total. The molecular formula is C16H21FN2O8. The molecule has 3 heterocycles. The highest BCUT2D eigenvalue weighted by atomic mass is 19.1. The lowest BCUT2D eigenvalue weighted by atomic mass is 10.1. The number of aromatic nitrogens is 2. The number of carbonyl (C=O) groups is 1. The average molecular weight is 388 g/mol. The lowest BCUT2D eigenvalue weighted by Crippen LogP contribution is -2.38. The number of halogens is 1. The molecule has 150 valence electrons. The van der Waals surface area contributed by atoms with Crippen LogP contribution >= 0.6 is 0 Å². The quantitative estimate of drug-likeness (QED) is 0.619. The number of nitrogens with zero attached hydrogens (tertiary/aromatic N) is 1. The van der Waals surface area contributed by atoms with Crippen molar-refractivity contribution in [3.05, 3.63) is 32.9 Å². The summed E-state index contributed by atoms with van der Waals surface area (Å²) in [5.41, 5.74) is -2.03. The van der Waals surface area contributed by atoms with Crippen LogP contribution < -0.4 is 11.2 Å². The molecule has 2 saturated heterocycles. The van der Waals surface area contributed by atoms with Crippen molar-refractivity contribution in [1.29, 1.82) is 0 Å². The van der Waals surface area contributed by atoms with Crippen LogP contribution in [0.25, 0.3) is 0 Å². The predicted molar refractivity (Wildman–Crippen MR) is 86.3 cm³/mol. The lowest BCUT2D eigenvalue weighted by Gasteiger charge is -2.27. The fraction of sp³-hybridized carbons (Fsp3) is 0.688. The van der Waals surface area contributed by atoms with Crippen molar-refractivity contribution < 1.29 is 33.2 Å². The van der Waals surface area contributed by atoms with E-state index >= 15 is 0 Å². The average Bonchev–Trinajstić information content (AvgIpc) is 3.11. The number of ether oxygens (including phenoxy) is 4. The van der Waals surface area contributed by atoms with Crippen LogP contribution in [0.3, 0.4) is 0 Å². The Bertz CT molecular complexity index is 823. The summed E-state index contributed by atoms with van der Waals surface area (Å²) in [7, 11) is 0. The van der Waals surface area contributed by atoms with Gasteiger partial charge in [-0.15, -0.1) is 0 Å². The molecule has 1 aromatic rings. The molecular weight excluding hydrogens is 367 g/mol. The number of esters is 1. The van der Waals surface area contributed by atoms with Crippen molar-refractivity contribution in [3.63, 3.8) is 0 Å². The zero-order valence-corrected chi connectivity index (χ0v) is 14.8. The summed E-state index contributed by atoms with van der Waals surface area (Å²) in [6, 6.07) is 0. The standard InChI is InChI=1S/C16H21FN2O8/c1-3-24-10(21)4-5-16(2)26-11-9(7-20)25-14(12(11)27-16)19-6-8(17)13(22)18-15(19)23/h6,9,11-12,14,20H,3-5,7H2,1-2H3,(H,18,22,23)/t9-,11-,12-,14-,16-/m1/s1. The summed E-state index contributed by atoms with van der Waals surface area (Å²) in [6.07, 6.45) is -2.58. The van der Waals surface area contributed by atoms with Crippen LogP contribution in [0.1, 0.15) is 32.9 Å². The fourth-order valence-electron chi connectivity index (χ4n) is 3.28. The zero-order chi connectivity index (χ0) is 19.8. The Balaban J connectivity index is 1.82. The van der Waals surface area contributed by atoms with E-state index < -0.39 is 60.0 Å². The first-order valence-electron chi connectivity index (χ1n) is 8.56. The highest BCUT2D eigenvalue weighted by Gasteiger charge is 2.57. The van der Waals surface area contributed by atoms with Gasteiger partial charge in [0.05, 0.1) is 25.8 Å². The van der Waals surface area contributed by atoms with Crippen molar-refractivity contribution in [2.24, 2.45) is 0 Å². The molecule has 2 aliphatic rings. The fourth-order valence-corrected chi connectivity index (χ4v) is 3.28. The minimum Gasteiger partial charge on any atom is -0.466 e. The molecule has 0 radical (unpaired) electrons. The Morgan fingerprint density at radius 2 is 2.11 bits per heavy atom. The Morgan fingerprint density at radius 1 is 1.41 bits per heavy atom. The van der Waals surface area contributed by atoms with Crippen LogP contribution in [0.4, 0.5) is 4.39 Å². The van der Waals surface area contributed by atoms with Crippen LogP contribution in [0, 0.1) is 5.82 Å². The largest absolute Gasteiger partial charge is 0.466 e. The second-order valence-electron chi connectivity index (χ2n) is 6.50. The second-order valence-corrected chi connectivity index (χ2v) is 6.50. The molecule has 0 spiro atoms. The number of H-pyrrole nitrogens is 1. The lowest BCUT2D eigenvalue weighted by molar-refractivity contribution is -0.215. The van der Waals surface area contributed by atoms with Crippen molar-refractivity contribution in [2.75, 3.05) is 13.2 Å². The van der Waals surface area contributed by atoms with E-state index in [0.717, 1.165) is 10.8 Å². The van der Waals surface area contributed by atoms with E-state index in [1.807, 2.05) is 4.98 Å². The van der Waals surface area contributed by atoms with Crippen LogP contribution in [0.15, 0.2) is 15.8 Å². The van der Waals surface area contributed by atoms with E-state index in [0.29, 0.717) is 0 Å². The number of fused-ring (bicyclic) bond motifs is 1. The van der Waals surface area contributed by atoms with Crippen molar-refractivity contribution in [3.8, 4) is 0 Å². The molecule has 1 aromatic heterocycles. The van der Waals surface area contributed by atoms with Gasteiger partial charge in [0.15, 0.2) is 12.0 Å². The van der Waals surface area contributed by atoms with Gasteiger partial charge in [0.2, 0.25) is 5.82 Å². The van der Waals surface area contributed by atoms with Gasteiger partial charge in [-0.3, -0.25) is 19.1 Å². The number of carbonyl (C=O) groups excluding carboxylic acids is 1. The highest BCUT2D eigenvalue weighted by Crippen LogP contribution is 2.44. The molecule has 2 aliphatic heterocycles. The molecule has 0 unspecified atom stereocenters. The van der Waals surface area contributed by atoms with Gasteiger partial charge in [-0.25, -0.2) is 4.79 Å². The normalized spacial score (nSPS) is 32.4. The van der Waals surface area contributed by atoms with Gasteiger partial charge in [-0.1, -0.05) is 0 Å². The SMILES string of the molecule is CCOC(=O)CC[C@@]1(C)O[C@@H]2[C@H](O1)[C@@H](CO)O[C@H]2n1cc(F)c(=O)[nH]c1=O. The van der Waals surface area contributed by atoms with Gasteiger partial charge in [-0.2, -0.15) is 4.39 Å². The van der Waals surface area contributed by atoms with Gasteiger partial charge >= 0.3 is 11.7 Å². The van der Waals surface area contributed by atoms with E-state index in [2.05, 4.69) is 0 Å². The molecule has 0 aromatic carbocycles. The van der Waals surface area contributed by atoms with E-state index in [1.54, 1.807) is 13.8 Å². The smallest absolute Gasteiger partial charge is 0.330 e. The first kappa shape index (κ1) is 19.7. The van der Waals surface area contributed by atoms with Crippen molar-refractivity contribution in [2.45, 2.75) is 57.0 Å². The molecule has 0 amide bonds. The molecule has 2 fully saturated rings. The number of aromatic amines is 1. The van der Waals surface area contributed by atoms with Gasteiger partial charge in [0.1, 0.15) is 18.3 Å². The second kappa shape index (κ2) is 7.50. The van der Waals surface area contributed by atoms with Crippen LogP contribution in [-0.4, -0.2) is 57.9 Å². The first-order chi connectivity index (χ1) is 12.8. The van der Waals surface area contributed by atoms with E-state index in [4.69, 9.17) is 18.9 Å². The molecule has 3 rings (SSSR count). The first-order valence-corrected chi connectivity index (χ1v) is 8.56. The van der Waals surface area contributed by atoms with Crippen molar-refractivity contribution in [1.82, 2.24) is 9.55 Å². The summed E-state index contributed by atoms with van der Waals surface area (Å²) in [6.45, 7) is 3.15. The summed E-state index contributed by atoms with van der Waals surface area (Å²) >= 11 is 0. The van der Waals surface area contributed by atoms with Crippen LogP contribution in [-0.2, 0) is 23.7 Å². The predicted octanol–water partition coefficient (Wildman–Crippen LogP) is -0.591. The molecule has 5 atom stereocenters. The molecule has 27 heavy (non-hydrogen) atoms. The maximum Gasteiger partial charge on any atom is 0.330 e. The third kappa shape index (κ3) is 3.81. The number of rotatable bonds is 6. The van der Waals surface area contributed by atoms with Gasteiger partial charge in [0, 0.05) is 6.42 Å². The van der Waals surface area contributed by atoms with Gasteiger partial charge in [0.25, 0.3) is 5.56 Å². The number of hydrogen-bond donors (Lipinski definition) is 2. The molecule has 11 heteroatoms. The highest BCUT2D eigenvalue weighted by molar-refractivity contribution is 5.69. The van der Waals surface area contributed by atoms with Crippen LogP contribution in [0.5, 0.6) is 0 Å². The monoisotopic (exact) mass is 388 g/mol. The number of nitrogens with one attached hydrogen (secondary N) is 1. The maximum atomic E-state index is 13.6. The van der Waals surface area contributed by atoms with E-state index in [-0.39, 0.29) is 19.4 Å². The molecule has 0 saturated carbocycles. The minimum atomic E-state index is -1.18. The maximum absolute atomic E-state index is 13.6. The topological polar surface area (TPSA) is 129 Å². The van der Waals surface area contributed by atoms with E-state index in [9.17, 15) is 23.9 Å². The Hall–Kier alpha value is -2.08. The third-order valence-corrected chi connectivity index (χ3v) is 4.52. The van der Waals surface area contributed by atoms with E-state index in [1.165, 1.54) is 0 Å². The number of aliphatic hydroxyl groups is 1. The molecule has 0 aliphatic carbocycles. The minimum absolute atomic E-state index is 0.0479. The van der Waals surface area contributed by atoms with Gasteiger partial charge in [-0.05, 0) is 13.8 Å². The number of aliphatic hydroxyl groups excluding tert-OH is 1. The zero-order valence-electron chi connectivity index (χ0n) is 14.8. The molecule has 2 N–H and O–H groups in total. The van der Waals surface area contributed by atoms with Crippen LogP contribution in [0.2, 0.25) is 0 Å². The summed E-state index contributed by atoms with van der Waals surface area (Å²) in [5.74, 6) is -2.75. The van der Waals surface area contributed by atoms with Crippen molar-refractivity contribution >= 4 is 5.97 Å². The van der Waals surface area contributed by atoms with Gasteiger partial charge < -0.3 is 24.1 Å².